The first-order valence-corrected chi connectivity index (χ1v) is 13.1. The summed E-state index contributed by atoms with van der Waals surface area (Å²) in [7, 11) is 0. The van der Waals surface area contributed by atoms with Crippen molar-refractivity contribution >= 4 is 11.6 Å². The Labute approximate surface area is 195 Å². The van der Waals surface area contributed by atoms with Gasteiger partial charge in [0.15, 0.2) is 11.6 Å². The van der Waals surface area contributed by atoms with Gasteiger partial charge in [0, 0.05) is 16.7 Å². The zero-order valence-electron chi connectivity index (χ0n) is 21.7. The zero-order chi connectivity index (χ0) is 23.5. The molecular weight excluding hydrogens is 392 g/mol. The molecule has 3 saturated carbocycles. The minimum Gasteiger partial charge on any atom is -0.295 e. The van der Waals surface area contributed by atoms with E-state index in [4.69, 9.17) is 0 Å². The van der Waals surface area contributed by atoms with Crippen molar-refractivity contribution < 1.29 is 9.59 Å². The van der Waals surface area contributed by atoms with E-state index in [1.165, 1.54) is 31.3 Å². The standard InChI is InChI=1S/C30H44O2/c1-25(2)13-14-27(5)15-16-30(8)24(19(27)18-25)20(31)17-22-28(6)11-10-23(32)26(3,4)21(28)9-12-29(22,30)7/h10-11,17,19,21,24H,9,12-16,18H2,1-8H3. The minimum absolute atomic E-state index is 0.000811. The Balaban J connectivity index is 1.66. The summed E-state index contributed by atoms with van der Waals surface area (Å²) >= 11 is 0. The Morgan fingerprint density at radius 1 is 0.844 bits per heavy atom. The third-order valence-electron chi connectivity index (χ3n) is 12.1. The van der Waals surface area contributed by atoms with E-state index in [-0.39, 0.29) is 39.3 Å². The Morgan fingerprint density at radius 2 is 1.50 bits per heavy atom. The molecule has 3 fully saturated rings. The molecule has 0 spiro atoms. The highest BCUT2D eigenvalue weighted by molar-refractivity contribution is 5.98. The van der Waals surface area contributed by atoms with E-state index in [1.807, 2.05) is 6.08 Å². The Morgan fingerprint density at radius 3 is 2.19 bits per heavy atom. The second kappa shape index (κ2) is 6.28. The highest BCUT2D eigenvalue weighted by Gasteiger charge is 2.68. The van der Waals surface area contributed by atoms with E-state index in [0.29, 0.717) is 22.5 Å². The van der Waals surface area contributed by atoms with Gasteiger partial charge < -0.3 is 0 Å². The van der Waals surface area contributed by atoms with Gasteiger partial charge in [0.05, 0.1) is 0 Å². The average molecular weight is 437 g/mol. The van der Waals surface area contributed by atoms with Gasteiger partial charge in [-0.15, -0.1) is 0 Å². The Kier molecular flexibility index (Phi) is 4.43. The maximum Gasteiger partial charge on any atom is 0.161 e. The number of carbonyl (C=O) groups excluding carboxylic acids is 2. The topological polar surface area (TPSA) is 34.1 Å². The first-order chi connectivity index (χ1) is 14.6. The van der Waals surface area contributed by atoms with Crippen molar-refractivity contribution in [2.75, 3.05) is 0 Å². The highest BCUT2D eigenvalue weighted by atomic mass is 16.1. The van der Waals surface area contributed by atoms with Gasteiger partial charge >= 0.3 is 0 Å². The van der Waals surface area contributed by atoms with Crippen LogP contribution in [0.3, 0.4) is 0 Å². The summed E-state index contributed by atoms with van der Waals surface area (Å²) in [5, 5.41) is 0. The average Bonchev–Trinajstić information content (AvgIpc) is 2.68. The van der Waals surface area contributed by atoms with Crippen LogP contribution in [0.25, 0.3) is 0 Å². The van der Waals surface area contributed by atoms with E-state index < -0.39 is 0 Å². The SMILES string of the molecule is CC1(C)CCC2(C)CCC3(C)C(C(=O)C=C4C5(C)C=CC(=O)C(C)(C)C5CCC43C)C2C1. The lowest BCUT2D eigenvalue weighted by Gasteiger charge is -2.69. The van der Waals surface area contributed by atoms with Gasteiger partial charge in [0.1, 0.15) is 0 Å². The third kappa shape index (κ3) is 2.59. The Hall–Kier alpha value is -1.18. The van der Waals surface area contributed by atoms with Crippen LogP contribution in [0.1, 0.15) is 100 Å². The number of rotatable bonds is 0. The number of hydrogen-bond acceptors (Lipinski definition) is 2. The van der Waals surface area contributed by atoms with E-state index >= 15 is 0 Å². The molecule has 176 valence electrons. The summed E-state index contributed by atoms with van der Waals surface area (Å²) in [4.78, 5) is 26.9. The zero-order valence-corrected chi connectivity index (χ0v) is 21.7. The molecule has 2 nitrogen and oxygen atoms in total. The Bertz CT molecular complexity index is 950. The molecule has 32 heavy (non-hydrogen) atoms. The molecule has 0 radical (unpaired) electrons. The molecule has 0 aromatic heterocycles. The van der Waals surface area contributed by atoms with Crippen LogP contribution in [0, 0.1) is 50.2 Å². The quantitative estimate of drug-likeness (QED) is 0.398. The molecule has 0 bridgehead atoms. The minimum atomic E-state index is -0.370. The second-order valence-electron chi connectivity index (χ2n) is 14.6. The van der Waals surface area contributed by atoms with Crippen molar-refractivity contribution in [1.82, 2.24) is 0 Å². The van der Waals surface area contributed by atoms with Crippen LogP contribution >= 0.6 is 0 Å². The molecule has 5 aliphatic rings. The molecule has 5 aliphatic carbocycles. The van der Waals surface area contributed by atoms with Crippen molar-refractivity contribution in [3.05, 3.63) is 23.8 Å². The number of carbonyl (C=O) groups is 2. The predicted molar refractivity (Wildman–Crippen MR) is 130 cm³/mol. The maximum absolute atomic E-state index is 14.1. The van der Waals surface area contributed by atoms with Gasteiger partial charge in [0.2, 0.25) is 0 Å². The third-order valence-corrected chi connectivity index (χ3v) is 12.1. The highest BCUT2D eigenvalue weighted by Crippen LogP contribution is 2.74. The fraction of sp³-hybridized carbons (Fsp3) is 0.800. The van der Waals surface area contributed by atoms with Crippen LogP contribution in [0.5, 0.6) is 0 Å². The summed E-state index contributed by atoms with van der Waals surface area (Å²) in [6.07, 6.45) is 14.4. The van der Waals surface area contributed by atoms with Crippen LogP contribution in [0.4, 0.5) is 0 Å². The van der Waals surface area contributed by atoms with Crippen LogP contribution in [-0.4, -0.2) is 11.6 Å². The van der Waals surface area contributed by atoms with Gasteiger partial charge in [-0.1, -0.05) is 67.0 Å². The normalized spacial score (nSPS) is 51.1. The van der Waals surface area contributed by atoms with Crippen LogP contribution in [0.2, 0.25) is 0 Å². The van der Waals surface area contributed by atoms with E-state index in [9.17, 15) is 9.59 Å². The first-order valence-electron chi connectivity index (χ1n) is 13.1. The number of ketones is 2. The van der Waals surface area contributed by atoms with Crippen LogP contribution < -0.4 is 0 Å². The van der Waals surface area contributed by atoms with Gasteiger partial charge in [-0.2, -0.15) is 0 Å². The maximum atomic E-state index is 14.1. The van der Waals surface area contributed by atoms with Gasteiger partial charge in [-0.05, 0) is 90.6 Å². The lowest BCUT2D eigenvalue weighted by atomic mass is 9.34. The molecule has 5 rings (SSSR count). The monoisotopic (exact) mass is 436 g/mol. The molecule has 0 aromatic carbocycles. The lowest BCUT2D eigenvalue weighted by Crippen LogP contribution is -2.64. The molecule has 7 atom stereocenters. The van der Waals surface area contributed by atoms with Crippen molar-refractivity contribution in [1.29, 1.82) is 0 Å². The molecule has 0 saturated heterocycles. The molecule has 0 amide bonds. The van der Waals surface area contributed by atoms with E-state index in [0.717, 1.165) is 19.3 Å². The molecule has 0 N–H and O–H groups in total. The van der Waals surface area contributed by atoms with Crippen molar-refractivity contribution in [2.24, 2.45) is 50.2 Å². The van der Waals surface area contributed by atoms with Crippen LogP contribution in [-0.2, 0) is 9.59 Å². The van der Waals surface area contributed by atoms with Crippen molar-refractivity contribution in [3.8, 4) is 0 Å². The number of fused-ring (bicyclic) bond motifs is 7. The summed E-state index contributed by atoms with van der Waals surface area (Å²) < 4.78 is 0. The first kappa shape index (κ1) is 22.6. The lowest BCUT2D eigenvalue weighted by molar-refractivity contribution is -0.168. The summed E-state index contributed by atoms with van der Waals surface area (Å²) in [6.45, 7) is 18.8. The van der Waals surface area contributed by atoms with E-state index in [1.54, 1.807) is 0 Å². The largest absolute Gasteiger partial charge is 0.295 e. The number of allylic oxidation sites excluding steroid dienone is 4. The molecule has 0 heterocycles. The van der Waals surface area contributed by atoms with E-state index in [2.05, 4.69) is 67.5 Å². The smallest absolute Gasteiger partial charge is 0.161 e. The summed E-state index contributed by atoms with van der Waals surface area (Å²) in [5.74, 6) is 1.52. The number of hydrogen-bond donors (Lipinski definition) is 0. The fourth-order valence-electron chi connectivity index (χ4n) is 9.60. The van der Waals surface area contributed by atoms with Gasteiger partial charge in [-0.25, -0.2) is 0 Å². The van der Waals surface area contributed by atoms with Gasteiger partial charge in [-0.3, -0.25) is 9.59 Å². The van der Waals surface area contributed by atoms with Crippen molar-refractivity contribution in [3.63, 3.8) is 0 Å². The molecule has 0 aliphatic heterocycles. The second-order valence-corrected chi connectivity index (χ2v) is 14.6. The van der Waals surface area contributed by atoms with Gasteiger partial charge in [0.25, 0.3) is 0 Å². The molecular formula is C30H44O2. The van der Waals surface area contributed by atoms with Crippen molar-refractivity contribution in [2.45, 2.75) is 100 Å². The molecule has 2 heteroatoms. The molecule has 7 unspecified atom stereocenters. The predicted octanol–water partition coefficient (Wildman–Crippen LogP) is 7.33. The summed E-state index contributed by atoms with van der Waals surface area (Å²) in [5.41, 5.74) is 1.40. The van der Waals surface area contributed by atoms with Crippen LogP contribution in [0.15, 0.2) is 23.8 Å². The molecule has 0 aromatic rings. The fourth-order valence-corrected chi connectivity index (χ4v) is 9.60. The summed E-state index contributed by atoms with van der Waals surface area (Å²) in [6, 6.07) is 0.